The smallest absolute Gasteiger partial charge is 0.332 e. The van der Waals surface area contributed by atoms with Gasteiger partial charge in [-0.1, -0.05) is 30.3 Å². The van der Waals surface area contributed by atoms with Gasteiger partial charge in [-0.2, -0.15) is 0 Å². The van der Waals surface area contributed by atoms with Gasteiger partial charge >= 0.3 is 5.69 Å². The maximum Gasteiger partial charge on any atom is 0.332 e. The Morgan fingerprint density at radius 3 is 2.41 bits per heavy atom. The van der Waals surface area contributed by atoms with Gasteiger partial charge < -0.3 is 10.6 Å². The molecule has 1 aromatic heterocycles. The van der Waals surface area contributed by atoms with Crippen molar-refractivity contribution in [2.75, 3.05) is 10.6 Å². The number of anilines is 2. The minimum absolute atomic E-state index is 0.110. The number of aromatic nitrogens is 2. The van der Waals surface area contributed by atoms with Crippen LogP contribution in [0.25, 0.3) is 0 Å². The average molecular weight is 300 g/mol. The molecule has 1 unspecified atom stereocenters. The standard InChI is InChI=1S/C15H16N4O3/c1-18-12-11(14(21)19(2)15(18)22)17-13(20)10(16-12)8-9-6-4-3-5-7-9/h3-7,10,16H,8H2,1-2H3,(H,17,20). The monoisotopic (exact) mass is 300 g/mol. The van der Waals surface area contributed by atoms with Crippen molar-refractivity contribution in [3.05, 3.63) is 56.7 Å². The number of nitrogens with zero attached hydrogens (tertiary/aromatic N) is 2. The van der Waals surface area contributed by atoms with Gasteiger partial charge in [0.1, 0.15) is 17.5 Å². The number of rotatable bonds is 2. The Kier molecular flexibility index (Phi) is 3.32. The Hall–Kier alpha value is -2.83. The fourth-order valence-corrected chi connectivity index (χ4v) is 2.56. The zero-order chi connectivity index (χ0) is 15.9. The van der Waals surface area contributed by atoms with Gasteiger partial charge in [0.25, 0.3) is 5.56 Å². The molecule has 0 saturated heterocycles. The molecule has 0 saturated carbocycles. The minimum Gasteiger partial charge on any atom is -0.357 e. The molecule has 114 valence electrons. The molecule has 0 fully saturated rings. The Labute approximate surface area is 126 Å². The minimum atomic E-state index is -0.535. The molecule has 7 heteroatoms. The van der Waals surface area contributed by atoms with Crippen molar-refractivity contribution in [2.24, 2.45) is 14.1 Å². The third-order valence-electron chi connectivity index (χ3n) is 3.82. The highest BCUT2D eigenvalue weighted by molar-refractivity contribution is 6.02. The van der Waals surface area contributed by atoms with Crippen molar-refractivity contribution in [3.63, 3.8) is 0 Å². The largest absolute Gasteiger partial charge is 0.357 e. The first-order valence-electron chi connectivity index (χ1n) is 6.90. The number of nitrogens with one attached hydrogen (secondary N) is 2. The highest BCUT2D eigenvalue weighted by atomic mass is 16.2. The second kappa shape index (κ2) is 5.18. The molecule has 1 aliphatic heterocycles. The van der Waals surface area contributed by atoms with E-state index in [1.165, 1.54) is 11.6 Å². The van der Waals surface area contributed by atoms with Gasteiger partial charge in [0, 0.05) is 20.5 Å². The number of hydrogen-bond acceptors (Lipinski definition) is 4. The Bertz CT molecular complexity index is 852. The second-order valence-electron chi connectivity index (χ2n) is 5.31. The van der Waals surface area contributed by atoms with Gasteiger partial charge in [-0.25, -0.2) is 4.79 Å². The molecule has 1 amide bonds. The van der Waals surface area contributed by atoms with Crippen LogP contribution in [0.4, 0.5) is 11.5 Å². The van der Waals surface area contributed by atoms with E-state index in [0.717, 1.165) is 10.1 Å². The van der Waals surface area contributed by atoms with E-state index in [-0.39, 0.29) is 11.6 Å². The molecule has 1 atom stereocenters. The van der Waals surface area contributed by atoms with Crippen LogP contribution in [-0.2, 0) is 25.3 Å². The molecule has 1 aromatic carbocycles. The van der Waals surface area contributed by atoms with Crippen molar-refractivity contribution >= 4 is 17.4 Å². The maximum absolute atomic E-state index is 12.2. The first-order valence-corrected chi connectivity index (χ1v) is 6.90. The normalized spacial score (nSPS) is 16.6. The summed E-state index contributed by atoms with van der Waals surface area (Å²) in [6.45, 7) is 0. The summed E-state index contributed by atoms with van der Waals surface area (Å²) in [6.07, 6.45) is 0.468. The van der Waals surface area contributed by atoms with E-state index < -0.39 is 17.3 Å². The number of benzene rings is 1. The Morgan fingerprint density at radius 1 is 1.05 bits per heavy atom. The molecule has 3 rings (SSSR count). The Balaban J connectivity index is 2.01. The molecule has 2 N–H and O–H groups in total. The molecular formula is C15H16N4O3. The highest BCUT2D eigenvalue weighted by Crippen LogP contribution is 2.22. The summed E-state index contributed by atoms with van der Waals surface area (Å²) in [5, 5.41) is 5.62. The van der Waals surface area contributed by atoms with Gasteiger partial charge in [-0.05, 0) is 5.56 Å². The summed E-state index contributed by atoms with van der Waals surface area (Å²) in [5.41, 5.74) is 0.148. The van der Waals surface area contributed by atoms with E-state index in [4.69, 9.17) is 0 Å². The third-order valence-corrected chi connectivity index (χ3v) is 3.82. The van der Waals surface area contributed by atoms with Crippen molar-refractivity contribution < 1.29 is 4.79 Å². The van der Waals surface area contributed by atoms with E-state index in [2.05, 4.69) is 10.6 Å². The number of hydrogen-bond donors (Lipinski definition) is 2. The van der Waals surface area contributed by atoms with Crippen molar-refractivity contribution in [1.29, 1.82) is 0 Å². The van der Waals surface area contributed by atoms with E-state index in [1.807, 2.05) is 30.3 Å². The summed E-state index contributed by atoms with van der Waals surface area (Å²) in [7, 11) is 2.94. The first kappa shape index (κ1) is 14.1. The maximum atomic E-state index is 12.2. The van der Waals surface area contributed by atoms with Crippen LogP contribution in [0.5, 0.6) is 0 Å². The second-order valence-corrected chi connectivity index (χ2v) is 5.31. The lowest BCUT2D eigenvalue weighted by Crippen LogP contribution is -2.48. The predicted molar refractivity (Wildman–Crippen MR) is 83.1 cm³/mol. The fourth-order valence-electron chi connectivity index (χ4n) is 2.56. The van der Waals surface area contributed by atoms with Gasteiger partial charge in [0.15, 0.2) is 0 Å². The fraction of sp³-hybridized carbons (Fsp3) is 0.267. The van der Waals surface area contributed by atoms with Crippen LogP contribution >= 0.6 is 0 Å². The van der Waals surface area contributed by atoms with Gasteiger partial charge in [0.05, 0.1) is 0 Å². The molecule has 22 heavy (non-hydrogen) atoms. The molecule has 0 bridgehead atoms. The topological polar surface area (TPSA) is 85.1 Å². The van der Waals surface area contributed by atoms with Gasteiger partial charge in [-0.3, -0.25) is 18.7 Å². The van der Waals surface area contributed by atoms with E-state index >= 15 is 0 Å². The lowest BCUT2D eigenvalue weighted by Gasteiger charge is -2.28. The number of carbonyl (C=O) groups excluding carboxylic acids is 1. The van der Waals surface area contributed by atoms with E-state index in [9.17, 15) is 14.4 Å². The van der Waals surface area contributed by atoms with Gasteiger partial charge in [-0.15, -0.1) is 0 Å². The molecule has 0 radical (unpaired) electrons. The summed E-state index contributed by atoms with van der Waals surface area (Å²) in [6, 6.07) is 9.01. The summed E-state index contributed by atoms with van der Waals surface area (Å²) < 4.78 is 2.30. The lowest BCUT2D eigenvalue weighted by molar-refractivity contribution is -0.117. The van der Waals surface area contributed by atoms with Crippen LogP contribution in [0, 0.1) is 0 Å². The summed E-state index contributed by atoms with van der Waals surface area (Å²) in [5.74, 6) is 0.0562. The van der Waals surface area contributed by atoms with Crippen molar-refractivity contribution in [2.45, 2.75) is 12.5 Å². The first-order chi connectivity index (χ1) is 10.5. The highest BCUT2D eigenvalue weighted by Gasteiger charge is 2.30. The molecule has 0 spiro atoms. The van der Waals surface area contributed by atoms with Crippen LogP contribution in [0.3, 0.4) is 0 Å². The Morgan fingerprint density at radius 2 is 1.73 bits per heavy atom. The van der Waals surface area contributed by atoms with Crippen LogP contribution in [0.1, 0.15) is 5.56 Å². The van der Waals surface area contributed by atoms with Crippen molar-refractivity contribution in [1.82, 2.24) is 9.13 Å². The van der Waals surface area contributed by atoms with Gasteiger partial charge in [0.2, 0.25) is 5.91 Å². The number of fused-ring (bicyclic) bond motifs is 1. The van der Waals surface area contributed by atoms with Crippen LogP contribution in [-0.4, -0.2) is 21.1 Å². The van der Waals surface area contributed by atoms with E-state index in [0.29, 0.717) is 12.2 Å². The summed E-state index contributed by atoms with van der Waals surface area (Å²) in [4.78, 5) is 36.3. The molecular weight excluding hydrogens is 284 g/mol. The molecule has 1 aliphatic rings. The molecule has 0 aliphatic carbocycles. The molecule has 2 heterocycles. The number of amides is 1. The van der Waals surface area contributed by atoms with Crippen LogP contribution in [0.2, 0.25) is 0 Å². The number of carbonyl (C=O) groups is 1. The van der Waals surface area contributed by atoms with Crippen LogP contribution in [0.15, 0.2) is 39.9 Å². The third kappa shape index (κ3) is 2.20. The van der Waals surface area contributed by atoms with E-state index in [1.54, 1.807) is 7.05 Å². The quantitative estimate of drug-likeness (QED) is 0.821. The molecule has 7 nitrogen and oxygen atoms in total. The van der Waals surface area contributed by atoms with Crippen molar-refractivity contribution in [3.8, 4) is 0 Å². The average Bonchev–Trinajstić information content (AvgIpc) is 2.53. The lowest BCUT2D eigenvalue weighted by atomic mass is 10.0. The predicted octanol–water partition coefficient (Wildman–Crippen LogP) is 0.0593. The van der Waals surface area contributed by atoms with Crippen LogP contribution < -0.4 is 21.9 Å². The molecule has 2 aromatic rings. The zero-order valence-electron chi connectivity index (χ0n) is 12.3. The SMILES string of the molecule is Cn1c2c(c(=O)n(C)c1=O)NC(=O)C(Cc1ccccc1)N2. The zero-order valence-corrected chi connectivity index (χ0v) is 12.3. The summed E-state index contributed by atoms with van der Waals surface area (Å²) >= 11 is 0.